The van der Waals surface area contributed by atoms with E-state index in [1.165, 1.54) is 18.2 Å². The maximum atomic E-state index is 14.2. The van der Waals surface area contributed by atoms with E-state index in [1.807, 2.05) is 0 Å². The highest BCUT2D eigenvalue weighted by atomic mass is 35.5. The Morgan fingerprint density at radius 2 is 1.61 bits per heavy atom. The van der Waals surface area contributed by atoms with E-state index >= 15 is 0 Å². The maximum absolute atomic E-state index is 14.2. The van der Waals surface area contributed by atoms with Gasteiger partial charge in [-0.1, -0.05) is 29.3 Å². The molecule has 5 nitrogen and oxygen atoms in total. The second-order valence-electron chi connectivity index (χ2n) is 5.64. The summed E-state index contributed by atoms with van der Waals surface area (Å²) in [7, 11) is -4.34. The maximum Gasteiger partial charge on any atom is 0.435 e. The summed E-state index contributed by atoms with van der Waals surface area (Å²) in [6.07, 6.45) is -4.78. The van der Waals surface area contributed by atoms with Crippen LogP contribution in [0.4, 0.5) is 17.6 Å². The van der Waals surface area contributed by atoms with Crippen LogP contribution in [0.25, 0.3) is 16.9 Å². The van der Waals surface area contributed by atoms with E-state index in [9.17, 15) is 26.0 Å². The second-order valence-corrected chi connectivity index (χ2v) is 8.04. The van der Waals surface area contributed by atoms with E-state index in [4.69, 9.17) is 28.3 Å². The molecule has 2 N–H and O–H groups in total. The Labute approximate surface area is 166 Å². The number of nitrogens with zero attached hydrogens (tertiary/aromatic N) is 2. The summed E-state index contributed by atoms with van der Waals surface area (Å²) in [6, 6.07) is 7.43. The Hall–Kier alpha value is -2.14. The van der Waals surface area contributed by atoms with Crippen LogP contribution in [0.3, 0.4) is 0 Å². The third-order valence-corrected chi connectivity index (χ3v) is 5.01. The van der Waals surface area contributed by atoms with E-state index in [2.05, 4.69) is 5.10 Å². The molecule has 148 valence electrons. The van der Waals surface area contributed by atoms with Crippen LogP contribution in [0.5, 0.6) is 0 Å². The molecule has 1 aromatic heterocycles. The van der Waals surface area contributed by atoms with Crippen LogP contribution in [-0.4, -0.2) is 18.2 Å². The molecule has 0 amide bonds. The van der Waals surface area contributed by atoms with Crippen LogP contribution >= 0.6 is 23.2 Å². The molecule has 0 aliphatic heterocycles. The van der Waals surface area contributed by atoms with E-state index in [0.717, 1.165) is 22.9 Å². The average Bonchev–Trinajstić information content (AvgIpc) is 2.98. The molecule has 3 aromatic rings. The first-order valence-electron chi connectivity index (χ1n) is 7.33. The molecule has 2 aromatic carbocycles. The minimum absolute atomic E-state index is 0.0657. The summed E-state index contributed by atoms with van der Waals surface area (Å²) >= 11 is 11.8. The standard InChI is InChI=1S/C16H9Cl2F4N3O2S/c17-9-4-10(18)6-11(5-9)25-13(7-15(24-25)16(20,21)22)8-1-2-14(12(19)3-8)28(23,26)27/h1-7H,(H2,23,26,27). The summed E-state index contributed by atoms with van der Waals surface area (Å²) < 4.78 is 77.3. The Bertz CT molecular complexity index is 1160. The van der Waals surface area contributed by atoms with Crippen LogP contribution in [0.15, 0.2) is 47.4 Å². The lowest BCUT2D eigenvalue weighted by Crippen LogP contribution is -2.14. The molecule has 0 saturated carbocycles. The van der Waals surface area contributed by atoms with Crippen LogP contribution < -0.4 is 5.14 Å². The van der Waals surface area contributed by atoms with Crippen molar-refractivity contribution in [3.63, 3.8) is 0 Å². The minimum atomic E-state index is -4.78. The molecule has 0 bridgehead atoms. The summed E-state index contributed by atoms with van der Waals surface area (Å²) in [5, 5.41) is 8.71. The predicted molar refractivity (Wildman–Crippen MR) is 95.4 cm³/mol. The monoisotopic (exact) mass is 453 g/mol. The highest BCUT2D eigenvalue weighted by Gasteiger charge is 2.35. The van der Waals surface area contributed by atoms with E-state index in [1.54, 1.807) is 0 Å². The molecule has 3 rings (SSSR count). The first kappa shape index (κ1) is 20.6. The number of primary sulfonamides is 1. The Kier molecular flexibility index (Phi) is 5.17. The first-order chi connectivity index (χ1) is 12.9. The van der Waals surface area contributed by atoms with Crippen molar-refractivity contribution in [1.29, 1.82) is 0 Å². The van der Waals surface area contributed by atoms with Crippen LogP contribution in [0.1, 0.15) is 5.69 Å². The third kappa shape index (κ3) is 4.14. The predicted octanol–water partition coefficient (Wildman–Crippen LogP) is 4.65. The lowest BCUT2D eigenvalue weighted by molar-refractivity contribution is -0.141. The quantitative estimate of drug-likeness (QED) is 0.586. The highest BCUT2D eigenvalue weighted by molar-refractivity contribution is 7.89. The molecule has 28 heavy (non-hydrogen) atoms. The number of hydrogen-bond donors (Lipinski definition) is 1. The number of sulfonamides is 1. The van der Waals surface area contributed by atoms with Crippen molar-refractivity contribution in [3.05, 3.63) is 64.0 Å². The fourth-order valence-electron chi connectivity index (χ4n) is 2.47. The number of nitrogens with two attached hydrogens (primary N) is 1. The smallest absolute Gasteiger partial charge is 0.232 e. The molecule has 0 radical (unpaired) electrons. The summed E-state index contributed by atoms with van der Waals surface area (Å²) in [5.41, 5.74) is -1.37. The lowest BCUT2D eigenvalue weighted by atomic mass is 10.1. The molecular formula is C16H9Cl2F4N3O2S. The number of halogens is 6. The van der Waals surface area contributed by atoms with E-state index in [0.29, 0.717) is 6.07 Å². The highest BCUT2D eigenvalue weighted by Crippen LogP contribution is 2.35. The SMILES string of the molecule is NS(=O)(=O)c1ccc(-c2cc(C(F)(F)F)nn2-c2cc(Cl)cc(Cl)c2)cc1F. The normalized spacial score (nSPS) is 12.4. The van der Waals surface area contributed by atoms with E-state index in [-0.39, 0.29) is 27.0 Å². The largest absolute Gasteiger partial charge is 0.435 e. The Morgan fingerprint density at radius 3 is 2.11 bits per heavy atom. The summed E-state index contributed by atoms with van der Waals surface area (Å²) in [6.45, 7) is 0. The molecule has 0 saturated heterocycles. The van der Waals surface area contributed by atoms with Crippen LogP contribution in [0, 0.1) is 5.82 Å². The molecule has 0 aliphatic rings. The van der Waals surface area contributed by atoms with Gasteiger partial charge in [-0.05, 0) is 36.4 Å². The number of benzene rings is 2. The molecule has 1 heterocycles. The van der Waals surface area contributed by atoms with Crippen molar-refractivity contribution in [3.8, 4) is 16.9 Å². The fourth-order valence-corrected chi connectivity index (χ4v) is 3.58. The number of alkyl halides is 3. The average molecular weight is 454 g/mol. The van der Waals surface area contributed by atoms with Gasteiger partial charge in [0.1, 0.15) is 10.7 Å². The van der Waals surface area contributed by atoms with Crippen LogP contribution in [-0.2, 0) is 16.2 Å². The van der Waals surface area contributed by atoms with Gasteiger partial charge in [-0.15, -0.1) is 0 Å². The van der Waals surface area contributed by atoms with Crippen molar-refractivity contribution < 1.29 is 26.0 Å². The van der Waals surface area contributed by atoms with Gasteiger partial charge in [0, 0.05) is 15.6 Å². The van der Waals surface area contributed by atoms with Gasteiger partial charge >= 0.3 is 6.18 Å². The van der Waals surface area contributed by atoms with Gasteiger partial charge in [0.05, 0.1) is 11.4 Å². The molecular weight excluding hydrogens is 445 g/mol. The number of rotatable bonds is 3. The molecule has 0 unspecified atom stereocenters. The number of hydrogen-bond acceptors (Lipinski definition) is 3. The van der Waals surface area contributed by atoms with Gasteiger partial charge in [0.25, 0.3) is 0 Å². The fraction of sp³-hybridized carbons (Fsp3) is 0.0625. The molecule has 0 aliphatic carbocycles. The van der Waals surface area contributed by atoms with Crippen LogP contribution in [0.2, 0.25) is 10.0 Å². The first-order valence-corrected chi connectivity index (χ1v) is 9.63. The summed E-state index contributed by atoms with van der Waals surface area (Å²) in [4.78, 5) is -0.788. The van der Waals surface area contributed by atoms with Gasteiger partial charge in [-0.3, -0.25) is 0 Å². The van der Waals surface area contributed by atoms with Gasteiger partial charge in [-0.2, -0.15) is 18.3 Å². The van der Waals surface area contributed by atoms with Gasteiger partial charge in [-0.25, -0.2) is 22.6 Å². The van der Waals surface area contributed by atoms with Gasteiger partial charge in [0.15, 0.2) is 5.69 Å². The summed E-state index contributed by atoms with van der Waals surface area (Å²) in [5.74, 6) is -1.22. The van der Waals surface area contributed by atoms with Gasteiger partial charge < -0.3 is 0 Å². The van der Waals surface area contributed by atoms with Crippen molar-refractivity contribution in [2.75, 3.05) is 0 Å². The van der Waals surface area contributed by atoms with Crippen molar-refractivity contribution in [1.82, 2.24) is 9.78 Å². The second kappa shape index (κ2) is 7.03. The Morgan fingerprint density at radius 1 is 1.00 bits per heavy atom. The van der Waals surface area contributed by atoms with E-state index < -0.39 is 32.6 Å². The zero-order valence-corrected chi connectivity index (χ0v) is 15.8. The molecule has 0 fully saturated rings. The zero-order valence-electron chi connectivity index (χ0n) is 13.5. The van der Waals surface area contributed by atoms with Crippen molar-refractivity contribution in [2.24, 2.45) is 5.14 Å². The van der Waals surface area contributed by atoms with Gasteiger partial charge in [0.2, 0.25) is 10.0 Å². The molecule has 0 atom stereocenters. The lowest BCUT2D eigenvalue weighted by Gasteiger charge is -2.10. The Balaban J connectivity index is 2.26. The zero-order chi connectivity index (χ0) is 20.9. The van der Waals surface area contributed by atoms with Crippen molar-refractivity contribution >= 4 is 33.2 Å². The molecule has 12 heteroatoms. The number of aromatic nitrogens is 2. The molecule has 0 spiro atoms. The van der Waals surface area contributed by atoms with Crippen molar-refractivity contribution in [2.45, 2.75) is 11.1 Å². The topological polar surface area (TPSA) is 78.0 Å². The third-order valence-electron chi connectivity index (χ3n) is 3.63. The minimum Gasteiger partial charge on any atom is -0.232 e.